The number of phenolic OH excluding ortho intramolecular Hbond substituents is 1. The van der Waals surface area contributed by atoms with Crippen LogP contribution in [0.4, 0.5) is 14.5 Å². The molecule has 1 aliphatic carbocycles. The third-order valence-electron chi connectivity index (χ3n) is 5.49. The largest absolute Gasteiger partial charge is 0.508 e. The van der Waals surface area contributed by atoms with E-state index in [1.54, 1.807) is 13.8 Å². The molecule has 7 nitrogen and oxygen atoms in total. The zero-order valence-corrected chi connectivity index (χ0v) is 18.3. The molecule has 0 unspecified atom stereocenters. The average molecular weight is 468 g/mol. The number of aliphatic hydroxyl groups excluding tert-OH is 1. The summed E-state index contributed by atoms with van der Waals surface area (Å²) in [5, 5.41) is 25.0. The van der Waals surface area contributed by atoms with Crippen LogP contribution < -0.4 is 10.6 Å². The Hall–Kier alpha value is -2.78. The van der Waals surface area contributed by atoms with Crippen LogP contribution in [0.3, 0.4) is 0 Å². The predicted octanol–water partition coefficient (Wildman–Crippen LogP) is 3.42. The summed E-state index contributed by atoms with van der Waals surface area (Å²) >= 11 is 6.27. The molecule has 1 fully saturated rings. The summed E-state index contributed by atoms with van der Waals surface area (Å²) in [6.07, 6.45) is -1.13. The summed E-state index contributed by atoms with van der Waals surface area (Å²) in [6, 6.07) is 5.64. The standard InChI is InChI=1S/C22H24ClF2N3O4/c1-21(2,11-29)14-10-15(23)12(7-17(14)30)8-18(31)27-13-3-6-26-16(9-13)19(32)28-22(4-5-22)20(24)25/h3,6-7,9-10,20,29-30H,4-5,8,11H2,1-2H3,(H,28,32)(H,26,27,31). The number of pyridine rings is 1. The van der Waals surface area contributed by atoms with Crippen molar-refractivity contribution >= 4 is 29.1 Å². The van der Waals surface area contributed by atoms with Crippen molar-refractivity contribution in [3.8, 4) is 5.75 Å². The maximum atomic E-state index is 13.0. The second-order valence-electron chi connectivity index (χ2n) is 8.57. The minimum atomic E-state index is -2.66. The number of phenols is 1. The summed E-state index contributed by atoms with van der Waals surface area (Å²) in [5.41, 5.74) is -1.22. The number of hydrogen-bond acceptors (Lipinski definition) is 5. The number of aromatic nitrogens is 1. The lowest BCUT2D eigenvalue weighted by Crippen LogP contribution is -2.42. The highest BCUT2D eigenvalue weighted by atomic mass is 35.5. The first-order valence-electron chi connectivity index (χ1n) is 9.97. The average Bonchev–Trinajstić information content (AvgIpc) is 3.51. The van der Waals surface area contributed by atoms with Crippen LogP contribution in [0, 0.1) is 0 Å². The topological polar surface area (TPSA) is 112 Å². The molecule has 32 heavy (non-hydrogen) atoms. The highest BCUT2D eigenvalue weighted by Crippen LogP contribution is 2.41. The Bertz CT molecular complexity index is 1040. The number of nitrogens with one attached hydrogen (secondary N) is 2. The molecule has 10 heteroatoms. The molecule has 3 rings (SSSR count). The van der Waals surface area contributed by atoms with E-state index < -0.39 is 29.2 Å². The lowest BCUT2D eigenvalue weighted by atomic mass is 9.84. The number of carbonyl (C=O) groups is 2. The fourth-order valence-corrected chi connectivity index (χ4v) is 3.43. The maximum absolute atomic E-state index is 13.0. The van der Waals surface area contributed by atoms with Gasteiger partial charge in [0.2, 0.25) is 5.91 Å². The van der Waals surface area contributed by atoms with Crippen LogP contribution in [-0.2, 0) is 16.6 Å². The second-order valence-corrected chi connectivity index (χ2v) is 8.98. The van der Waals surface area contributed by atoms with Crippen molar-refractivity contribution in [1.82, 2.24) is 10.3 Å². The van der Waals surface area contributed by atoms with Crippen molar-refractivity contribution in [2.24, 2.45) is 0 Å². The highest BCUT2D eigenvalue weighted by Gasteiger charge is 2.52. The molecule has 2 amide bonds. The third kappa shape index (κ3) is 5.16. The number of hydrogen-bond donors (Lipinski definition) is 4. The molecule has 1 aromatic carbocycles. The van der Waals surface area contributed by atoms with Crippen LogP contribution in [0.1, 0.15) is 48.3 Å². The minimum Gasteiger partial charge on any atom is -0.508 e. The Morgan fingerprint density at radius 3 is 2.56 bits per heavy atom. The van der Waals surface area contributed by atoms with Gasteiger partial charge >= 0.3 is 0 Å². The summed E-state index contributed by atoms with van der Waals surface area (Å²) < 4.78 is 26.1. The van der Waals surface area contributed by atoms with Crippen molar-refractivity contribution in [2.75, 3.05) is 11.9 Å². The first-order chi connectivity index (χ1) is 15.0. The van der Waals surface area contributed by atoms with Crippen molar-refractivity contribution in [3.05, 3.63) is 52.3 Å². The zero-order valence-electron chi connectivity index (χ0n) is 17.6. The fraction of sp³-hybridized carbons (Fsp3) is 0.409. The molecular weight excluding hydrogens is 444 g/mol. The van der Waals surface area contributed by atoms with Gasteiger partial charge in [-0.05, 0) is 42.7 Å². The molecule has 1 aromatic heterocycles. The molecule has 2 aromatic rings. The summed E-state index contributed by atoms with van der Waals surface area (Å²) in [7, 11) is 0. The van der Waals surface area contributed by atoms with Crippen LogP contribution in [-0.4, -0.2) is 45.6 Å². The molecule has 1 aliphatic rings. The number of rotatable bonds is 8. The van der Waals surface area contributed by atoms with Crippen LogP contribution >= 0.6 is 11.6 Å². The molecule has 1 heterocycles. The number of anilines is 1. The van der Waals surface area contributed by atoms with Gasteiger partial charge in [0.15, 0.2) is 0 Å². The smallest absolute Gasteiger partial charge is 0.270 e. The number of aliphatic hydroxyl groups is 1. The first-order valence-corrected chi connectivity index (χ1v) is 10.3. The molecule has 4 N–H and O–H groups in total. The quantitative estimate of drug-likeness (QED) is 0.475. The van der Waals surface area contributed by atoms with E-state index >= 15 is 0 Å². The number of carbonyl (C=O) groups excluding carboxylic acids is 2. The molecule has 0 radical (unpaired) electrons. The molecule has 0 aliphatic heterocycles. The Morgan fingerprint density at radius 2 is 1.97 bits per heavy atom. The number of amides is 2. The van der Waals surface area contributed by atoms with Crippen molar-refractivity contribution in [1.29, 1.82) is 0 Å². The summed E-state index contributed by atoms with van der Waals surface area (Å²) in [4.78, 5) is 28.6. The van der Waals surface area contributed by atoms with Crippen molar-refractivity contribution < 1.29 is 28.6 Å². The van der Waals surface area contributed by atoms with E-state index in [4.69, 9.17) is 11.6 Å². The molecular formula is C22H24ClF2N3O4. The van der Waals surface area contributed by atoms with Gasteiger partial charge in [-0.3, -0.25) is 14.6 Å². The lowest BCUT2D eigenvalue weighted by molar-refractivity contribution is -0.115. The molecule has 0 atom stereocenters. The molecule has 1 saturated carbocycles. The van der Waals surface area contributed by atoms with Gasteiger partial charge in [0.1, 0.15) is 17.0 Å². The zero-order chi connectivity index (χ0) is 23.7. The van der Waals surface area contributed by atoms with E-state index in [0.717, 1.165) is 0 Å². The monoisotopic (exact) mass is 467 g/mol. The fourth-order valence-electron chi connectivity index (χ4n) is 3.20. The van der Waals surface area contributed by atoms with E-state index in [1.165, 1.54) is 30.5 Å². The third-order valence-corrected chi connectivity index (χ3v) is 5.84. The van der Waals surface area contributed by atoms with E-state index in [9.17, 15) is 28.6 Å². The van der Waals surface area contributed by atoms with Gasteiger partial charge in [-0.2, -0.15) is 0 Å². The number of nitrogens with zero attached hydrogens (tertiary/aromatic N) is 1. The Morgan fingerprint density at radius 1 is 1.28 bits per heavy atom. The second kappa shape index (κ2) is 8.99. The molecule has 172 valence electrons. The van der Waals surface area contributed by atoms with Crippen LogP contribution in [0.15, 0.2) is 30.5 Å². The van der Waals surface area contributed by atoms with Gasteiger partial charge in [-0.1, -0.05) is 25.4 Å². The van der Waals surface area contributed by atoms with Gasteiger partial charge in [0.25, 0.3) is 12.3 Å². The Balaban J connectivity index is 1.69. The summed E-state index contributed by atoms with van der Waals surface area (Å²) in [6.45, 7) is 3.29. The molecule has 0 saturated heterocycles. The van der Waals surface area contributed by atoms with Gasteiger partial charge in [-0.15, -0.1) is 0 Å². The van der Waals surface area contributed by atoms with Gasteiger partial charge in [-0.25, -0.2) is 8.78 Å². The summed E-state index contributed by atoms with van der Waals surface area (Å²) in [5.74, 6) is -1.30. The van der Waals surface area contributed by atoms with E-state index in [0.29, 0.717) is 11.1 Å². The Kier molecular flexibility index (Phi) is 6.71. The van der Waals surface area contributed by atoms with Gasteiger partial charge < -0.3 is 20.8 Å². The Labute approximate surface area is 188 Å². The van der Waals surface area contributed by atoms with Crippen LogP contribution in [0.25, 0.3) is 0 Å². The molecule has 0 bridgehead atoms. The highest BCUT2D eigenvalue weighted by molar-refractivity contribution is 6.31. The first kappa shape index (κ1) is 23.9. The van der Waals surface area contributed by atoms with Crippen molar-refractivity contribution in [3.63, 3.8) is 0 Å². The van der Waals surface area contributed by atoms with E-state index in [2.05, 4.69) is 15.6 Å². The van der Waals surface area contributed by atoms with Crippen molar-refractivity contribution in [2.45, 2.75) is 50.5 Å². The van der Waals surface area contributed by atoms with E-state index in [-0.39, 0.29) is 48.0 Å². The number of alkyl halides is 2. The minimum absolute atomic E-state index is 0.0906. The predicted molar refractivity (Wildman–Crippen MR) is 115 cm³/mol. The van der Waals surface area contributed by atoms with Crippen LogP contribution in [0.2, 0.25) is 5.02 Å². The number of aromatic hydroxyl groups is 1. The van der Waals surface area contributed by atoms with E-state index in [1.807, 2.05) is 0 Å². The lowest BCUT2D eigenvalue weighted by Gasteiger charge is -2.24. The SMILES string of the molecule is CC(C)(CO)c1cc(Cl)c(CC(=O)Nc2ccnc(C(=O)NC3(C(F)F)CC3)c2)cc1O. The normalized spacial score (nSPS) is 14.8. The number of halogens is 3. The van der Waals surface area contributed by atoms with Gasteiger partial charge in [0.05, 0.1) is 13.0 Å². The van der Waals surface area contributed by atoms with Gasteiger partial charge in [0, 0.05) is 27.9 Å². The maximum Gasteiger partial charge on any atom is 0.270 e. The number of benzene rings is 1. The molecule has 0 spiro atoms. The van der Waals surface area contributed by atoms with Crippen LogP contribution in [0.5, 0.6) is 5.75 Å².